The van der Waals surface area contributed by atoms with E-state index in [4.69, 9.17) is 4.74 Å². The summed E-state index contributed by atoms with van der Waals surface area (Å²) in [4.78, 5) is 30.3. The summed E-state index contributed by atoms with van der Waals surface area (Å²) in [7, 11) is 2.02. The number of amides is 1. The van der Waals surface area contributed by atoms with E-state index >= 15 is 4.39 Å². The van der Waals surface area contributed by atoms with E-state index in [0.717, 1.165) is 13.1 Å². The molecule has 182 valence electrons. The molecule has 2 aliphatic heterocycles. The van der Waals surface area contributed by atoms with Crippen LogP contribution in [0.3, 0.4) is 0 Å². The van der Waals surface area contributed by atoms with E-state index in [1.54, 1.807) is 22.8 Å². The molecule has 9 nitrogen and oxygen atoms in total. The van der Waals surface area contributed by atoms with Crippen LogP contribution in [-0.4, -0.2) is 66.5 Å². The van der Waals surface area contributed by atoms with Gasteiger partial charge in [0.25, 0.3) is 5.91 Å². The van der Waals surface area contributed by atoms with Crippen LogP contribution in [0, 0.1) is 5.82 Å². The Balaban J connectivity index is 1.55. The van der Waals surface area contributed by atoms with Crippen molar-refractivity contribution >= 4 is 28.7 Å². The highest BCUT2D eigenvalue weighted by atomic mass is 19.1. The maximum Gasteiger partial charge on any atom is 0.276 e. The Labute approximate surface area is 201 Å². The zero-order valence-corrected chi connectivity index (χ0v) is 19.5. The molecule has 0 saturated carbocycles. The number of hydrogen-bond acceptors (Lipinski definition) is 7. The van der Waals surface area contributed by atoms with Crippen LogP contribution in [0.5, 0.6) is 11.5 Å². The number of aromatic hydroxyl groups is 1. The van der Waals surface area contributed by atoms with Crippen LogP contribution < -0.4 is 20.5 Å². The minimum atomic E-state index is -0.726. The molecule has 1 atom stereocenters. The molecule has 0 radical (unpaired) electrons. The third-order valence-corrected chi connectivity index (χ3v) is 6.51. The van der Waals surface area contributed by atoms with Gasteiger partial charge in [0, 0.05) is 37.9 Å². The number of nitrogens with one attached hydrogen (secondary N) is 1. The molecular weight excluding hydrogens is 453 g/mol. The number of phenolic OH excluding ortho intramolecular Hbond substituents is 1. The topological polar surface area (TPSA) is 99.4 Å². The van der Waals surface area contributed by atoms with Gasteiger partial charge in [0.1, 0.15) is 23.6 Å². The van der Waals surface area contributed by atoms with Gasteiger partial charge in [-0.2, -0.15) is 5.10 Å². The molecule has 1 amide bonds. The lowest BCUT2D eigenvalue weighted by Crippen LogP contribution is -2.45. The van der Waals surface area contributed by atoms with Gasteiger partial charge in [0.15, 0.2) is 11.6 Å². The van der Waals surface area contributed by atoms with E-state index in [9.17, 15) is 14.7 Å². The second kappa shape index (κ2) is 9.03. The fourth-order valence-corrected chi connectivity index (χ4v) is 4.52. The van der Waals surface area contributed by atoms with Crippen molar-refractivity contribution in [2.45, 2.75) is 13.0 Å². The number of aromatic nitrogens is 1. The molecule has 1 fully saturated rings. The average molecular weight is 480 g/mol. The van der Waals surface area contributed by atoms with Crippen molar-refractivity contribution in [3.63, 3.8) is 0 Å². The molecule has 2 aromatic carbocycles. The molecule has 3 aromatic rings. The summed E-state index contributed by atoms with van der Waals surface area (Å²) in [6.07, 6.45) is 2.77. The SMILES string of the molecule is CC1COc2c(N3CCN(C)CC3)c(F)cc3c(=O)c(C(=O)N/N=C/c4ccccc4O)cn1c23. The van der Waals surface area contributed by atoms with Crippen LogP contribution in [0.1, 0.15) is 28.9 Å². The number of halogens is 1. The maximum absolute atomic E-state index is 15.4. The van der Waals surface area contributed by atoms with E-state index < -0.39 is 17.2 Å². The normalized spacial score (nSPS) is 18.1. The minimum Gasteiger partial charge on any atom is -0.507 e. The molecule has 10 heteroatoms. The number of hydrogen-bond donors (Lipinski definition) is 2. The third-order valence-electron chi connectivity index (χ3n) is 6.51. The third kappa shape index (κ3) is 4.10. The Kier molecular flexibility index (Phi) is 5.89. The summed E-state index contributed by atoms with van der Waals surface area (Å²) >= 11 is 0. The Bertz CT molecular complexity index is 1390. The summed E-state index contributed by atoms with van der Waals surface area (Å²) in [5.74, 6) is -0.931. The van der Waals surface area contributed by atoms with E-state index in [1.165, 1.54) is 24.5 Å². The lowest BCUT2D eigenvalue weighted by molar-refractivity contribution is 0.0953. The zero-order valence-electron chi connectivity index (χ0n) is 19.5. The first-order chi connectivity index (χ1) is 16.8. The first-order valence-corrected chi connectivity index (χ1v) is 11.4. The molecule has 3 heterocycles. The van der Waals surface area contributed by atoms with Gasteiger partial charge < -0.3 is 24.2 Å². The van der Waals surface area contributed by atoms with Crippen LogP contribution in [0.25, 0.3) is 10.9 Å². The van der Waals surface area contributed by atoms with Crippen LogP contribution in [0.4, 0.5) is 10.1 Å². The number of carbonyl (C=O) groups excluding carboxylic acids is 1. The number of para-hydroxylation sites is 1. The van der Waals surface area contributed by atoms with E-state index in [2.05, 4.69) is 15.4 Å². The predicted octanol–water partition coefficient (Wildman–Crippen LogP) is 2.32. The Morgan fingerprint density at radius 2 is 2.00 bits per heavy atom. The number of rotatable bonds is 4. The smallest absolute Gasteiger partial charge is 0.276 e. The number of phenols is 1. The largest absolute Gasteiger partial charge is 0.507 e. The number of ether oxygens (including phenoxy) is 1. The molecular formula is C25H26FN5O4. The lowest BCUT2D eigenvalue weighted by atomic mass is 10.0. The van der Waals surface area contributed by atoms with Crippen molar-refractivity contribution in [1.29, 1.82) is 0 Å². The second-order valence-corrected chi connectivity index (χ2v) is 8.92. The molecule has 1 aromatic heterocycles. The van der Waals surface area contributed by atoms with Crippen LogP contribution in [-0.2, 0) is 0 Å². The second-order valence-electron chi connectivity index (χ2n) is 8.92. The van der Waals surface area contributed by atoms with Gasteiger partial charge in [0.05, 0.1) is 23.2 Å². The molecule has 35 heavy (non-hydrogen) atoms. The number of hydrazone groups is 1. The van der Waals surface area contributed by atoms with Crippen molar-refractivity contribution in [1.82, 2.24) is 14.9 Å². The average Bonchev–Trinajstić information content (AvgIpc) is 2.84. The predicted molar refractivity (Wildman–Crippen MR) is 131 cm³/mol. The van der Waals surface area contributed by atoms with E-state index in [1.807, 2.05) is 18.9 Å². The Morgan fingerprint density at radius 1 is 1.26 bits per heavy atom. The summed E-state index contributed by atoms with van der Waals surface area (Å²) in [6.45, 7) is 5.06. The first-order valence-electron chi connectivity index (χ1n) is 11.4. The molecule has 2 N–H and O–H groups in total. The number of likely N-dealkylation sites (N-methyl/N-ethyl adjacent to an activating group) is 1. The number of nitrogens with zero attached hydrogens (tertiary/aromatic N) is 4. The summed E-state index contributed by atoms with van der Waals surface area (Å²) in [6, 6.07) is 7.54. The lowest BCUT2D eigenvalue weighted by Gasteiger charge is -2.37. The standard InChI is InChI=1S/C25H26FN5O4/c1-15-14-35-24-21-17(11-19(26)22(24)30-9-7-29(2)8-10-30)23(33)18(13-31(15)21)25(34)28-27-12-16-5-3-4-6-20(16)32/h3-6,11-13,15,32H,7-10,14H2,1-2H3,(H,28,34)/b27-12+. The molecule has 5 rings (SSSR count). The van der Waals surface area contributed by atoms with Gasteiger partial charge in [-0.1, -0.05) is 12.1 Å². The Hall–Kier alpha value is -3.92. The summed E-state index contributed by atoms with van der Waals surface area (Å²) in [5.41, 5.74) is 2.82. The van der Waals surface area contributed by atoms with Gasteiger partial charge in [-0.3, -0.25) is 9.59 Å². The fraction of sp³-hybridized carbons (Fsp3) is 0.320. The number of anilines is 1. The molecule has 0 aliphatic carbocycles. The van der Waals surface area contributed by atoms with Crippen LogP contribution in [0.2, 0.25) is 0 Å². The summed E-state index contributed by atoms with van der Waals surface area (Å²) < 4.78 is 23.2. The van der Waals surface area contributed by atoms with Gasteiger partial charge in [-0.05, 0) is 32.2 Å². The summed E-state index contributed by atoms with van der Waals surface area (Å²) in [5, 5.41) is 13.8. The van der Waals surface area contributed by atoms with Gasteiger partial charge >= 0.3 is 0 Å². The highest BCUT2D eigenvalue weighted by Gasteiger charge is 2.31. The van der Waals surface area contributed by atoms with Crippen molar-refractivity contribution in [2.24, 2.45) is 5.10 Å². The monoisotopic (exact) mass is 479 g/mol. The van der Waals surface area contributed by atoms with E-state index in [0.29, 0.717) is 35.6 Å². The van der Waals surface area contributed by atoms with Gasteiger partial charge in [-0.15, -0.1) is 0 Å². The number of carbonyl (C=O) groups is 1. The molecule has 1 saturated heterocycles. The highest BCUT2D eigenvalue weighted by molar-refractivity contribution is 6.00. The number of pyridine rings is 1. The number of piperazine rings is 1. The van der Waals surface area contributed by atoms with Crippen molar-refractivity contribution in [3.05, 3.63) is 63.7 Å². The molecule has 1 unspecified atom stereocenters. The fourth-order valence-electron chi connectivity index (χ4n) is 4.52. The van der Waals surface area contributed by atoms with Gasteiger partial charge in [0.2, 0.25) is 5.43 Å². The first kappa shape index (κ1) is 22.9. The minimum absolute atomic E-state index is 0.00804. The molecule has 2 aliphatic rings. The van der Waals surface area contributed by atoms with Gasteiger partial charge in [-0.25, -0.2) is 9.82 Å². The van der Waals surface area contributed by atoms with Crippen molar-refractivity contribution < 1.29 is 19.0 Å². The molecule has 0 spiro atoms. The Morgan fingerprint density at radius 3 is 2.74 bits per heavy atom. The number of benzene rings is 2. The quantitative estimate of drug-likeness (QED) is 0.440. The maximum atomic E-state index is 15.4. The van der Waals surface area contributed by atoms with Crippen LogP contribution in [0.15, 0.2) is 46.4 Å². The highest BCUT2D eigenvalue weighted by Crippen LogP contribution is 2.42. The van der Waals surface area contributed by atoms with Crippen molar-refractivity contribution in [2.75, 3.05) is 44.7 Å². The van der Waals surface area contributed by atoms with Crippen LogP contribution >= 0.6 is 0 Å². The van der Waals surface area contributed by atoms with E-state index in [-0.39, 0.29) is 29.3 Å². The zero-order chi connectivity index (χ0) is 24.7. The van der Waals surface area contributed by atoms with Crippen molar-refractivity contribution in [3.8, 4) is 11.5 Å². The molecule has 0 bridgehead atoms.